The van der Waals surface area contributed by atoms with Crippen molar-refractivity contribution in [2.45, 2.75) is 333 Å². The van der Waals surface area contributed by atoms with E-state index in [9.17, 15) is 63.0 Å². The van der Waals surface area contributed by atoms with E-state index < -0.39 is 108 Å². The van der Waals surface area contributed by atoms with Crippen molar-refractivity contribution in [3.63, 3.8) is 0 Å². The number of carbonyl (C=O) groups excluding carboxylic acids is 10. The zero-order valence-corrected chi connectivity index (χ0v) is 69.6. The highest BCUT2D eigenvalue weighted by atomic mass is 16.6. The lowest BCUT2D eigenvalue weighted by Crippen LogP contribution is -2.35. The zero-order valence-electron chi connectivity index (χ0n) is 69.6. The molecule has 0 amide bonds. The number of aliphatic carboxylic acids is 1. The number of benzene rings is 2. The first-order valence-corrected chi connectivity index (χ1v) is 42.2. The van der Waals surface area contributed by atoms with Crippen LogP contribution in [-0.4, -0.2) is 183 Å². The summed E-state index contributed by atoms with van der Waals surface area (Å²) < 4.78 is 58.4. The van der Waals surface area contributed by atoms with Crippen molar-refractivity contribution < 1.29 is 125 Å². The maximum absolute atomic E-state index is 13.4. The lowest BCUT2D eigenvalue weighted by Gasteiger charge is -2.26. The molecule has 0 spiro atoms. The molecular weight excluding hydrogens is 1480 g/mol. The number of fused-ring (bicyclic) bond motifs is 1. The van der Waals surface area contributed by atoms with Crippen LogP contribution in [0.3, 0.4) is 0 Å². The Labute approximate surface area is 683 Å². The Morgan fingerprint density at radius 1 is 0.391 bits per heavy atom. The molecule has 2 aromatic rings. The predicted octanol–water partition coefficient (Wildman–Crippen LogP) is 16.5. The van der Waals surface area contributed by atoms with Gasteiger partial charge in [-0.15, -0.1) is 0 Å². The van der Waals surface area contributed by atoms with E-state index in [4.69, 9.17) is 52.8 Å². The summed E-state index contributed by atoms with van der Waals surface area (Å²) in [5.41, 5.74) is 0.893. The molecule has 1 heterocycles. The number of hydrogen-bond acceptors (Lipinski definition) is 25. The summed E-state index contributed by atoms with van der Waals surface area (Å²) in [6.07, 6.45) is 31.0. The molecule has 7 atom stereocenters. The van der Waals surface area contributed by atoms with Crippen LogP contribution < -0.4 is 0 Å². The molecule has 0 bridgehead atoms. The molecule has 7 unspecified atom stereocenters. The summed E-state index contributed by atoms with van der Waals surface area (Å²) in [7, 11) is 3.05. The first-order chi connectivity index (χ1) is 55.6. The molecule has 1 aliphatic rings. The summed E-state index contributed by atoms with van der Waals surface area (Å²) in [6, 6.07) is 12.9. The SMILES string of the molecule is C=CC(=O)OC(CCCCC)C(O)CCCCCCCCCCC(=O)OCC(COC(=O)CCCCCCCCCCC(O)C(CCCCC)OC(=O)c1ccccc1C(=O)OCCOC)OC(=O)CCCCCCCCCCC(OC(=O)C=C)C(CCCCC)OC(=O)/C=C/C(=O)O.COCCO.O=C1OC(=O)c2ccccc21. The van der Waals surface area contributed by atoms with Crippen LogP contribution in [0.4, 0.5) is 0 Å². The Balaban J connectivity index is 0.00000365. The fraction of sp³-hybridized carbons (Fsp3) is 0.674. The zero-order chi connectivity index (χ0) is 84.9. The van der Waals surface area contributed by atoms with Gasteiger partial charge >= 0.3 is 65.7 Å². The Hall–Kier alpha value is -8.17. The van der Waals surface area contributed by atoms with Gasteiger partial charge in [0.15, 0.2) is 6.10 Å². The van der Waals surface area contributed by atoms with Crippen molar-refractivity contribution in [2.75, 3.05) is 53.9 Å². The molecule has 4 N–H and O–H groups in total. The van der Waals surface area contributed by atoms with Gasteiger partial charge in [0.2, 0.25) is 0 Å². The number of esters is 10. The van der Waals surface area contributed by atoms with Gasteiger partial charge in [0, 0.05) is 57.8 Å². The second-order valence-corrected chi connectivity index (χ2v) is 28.8. The molecule has 650 valence electrons. The summed E-state index contributed by atoms with van der Waals surface area (Å²) >= 11 is 0. The van der Waals surface area contributed by atoms with Crippen LogP contribution in [0.25, 0.3) is 0 Å². The molecular formula is C89H138O26. The van der Waals surface area contributed by atoms with Crippen LogP contribution in [0.15, 0.2) is 86.0 Å². The minimum atomic E-state index is -1.28. The van der Waals surface area contributed by atoms with Crippen molar-refractivity contribution in [3.8, 4) is 0 Å². The van der Waals surface area contributed by atoms with Crippen LogP contribution in [0.5, 0.6) is 0 Å². The first kappa shape index (κ1) is 105. The minimum Gasteiger partial charge on any atom is -0.478 e. The van der Waals surface area contributed by atoms with Gasteiger partial charge in [-0.2, -0.15) is 0 Å². The van der Waals surface area contributed by atoms with Gasteiger partial charge in [0.1, 0.15) is 44.2 Å². The molecule has 115 heavy (non-hydrogen) atoms. The van der Waals surface area contributed by atoms with Crippen LogP contribution in [0, 0.1) is 0 Å². The number of aliphatic hydroxyl groups is 3. The Morgan fingerprint density at radius 3 is 1.13 bits per heavy atom. The quantitative estimate of drug-likeness (QED) is 0.0157. The first-order valence-electron chi connectivity index (χ1n) is 42.2. The van der Waals surface area contributed by atoms with E-state index in [-0.39, 0.29) is 63.4 Å². The molecule has 0 saturated carbocycles. The molecule has 0 aliphatic carbocycles. The van der Waals surface area contributed by atoms with Gasteiger partial charge in [-0.3, -0.25) is 14.4 Å². The van der Waals surface area contributed by atoms with Crippen LogP contribution in [0.2, 0.25) is 0 Å². The number of carbonyl (C=O) groups is 11. The van der Waals surface area contributed by atoms with E-state index in [0.717, 1.165) is 204 Å². The highest BCUT2D eigenvalue weighted by Crippen LogP contribution is 2.25. The van der Waals surface area contributed by atoms with E-state index in [2.05, 4.69) is 36.5 Å². The van der Waals surface area contributed by atoms with E-state index in [1.807, 2.05) is 6.92 Å². The lowest BCUT2D eigenvalue weighted by atomic mass is 9.99. The molecule has 0 radical (unpaired) electrons. The molecule has 26 heteroatoms. The van der Waals surface area contributed by atoms with Crippen molar-refractivity contribution in [3.05, 3.63) is 108 Å². The number of rotatable bonds is 68. The van der Waals surface area contributed by atoms with Crippen molar-refractivity contribution >= 4 is 65.7 Å². The molecule has 0 aromatic heterocycles. The van der Waals surface area contributed by atoms with Crippen LogP contribution in [0.1, 0.15) is 332 Å². The van der Waals surface area contributed by atoms with Gasteiger partial charge < -0.3 is 72.5 Å². The van der Waals surface area contributed by atoms with Gasteiger partial charge in [-0.1, -0.05) is 225 Å². The molecule has 26 nitrogen and oxygen atoms in total. The number of unbranched alkanes of at least 4 members (excludes halogenated alkanes) is 27. The van der Waals surface area contributed by atoms with E-state index >= 15 is 0 Å². The number of ether oxygens (including phenoxy) is 11. The van der Waals surface area contributed by atoms with Crippen LogP contribution >= 0.6 is 0 Å². The van der Waals surface area contributed by atoms with Gasteiger partial charge in [-0.25, -0.2) is 38.4 Å². The maximum atomic E-state index is 13.4. The lowest BCUT2D eigenvalue weighted by molar-refractivity contribution is -0.167. The third-order valence-corrected chi connectivity index (χ3v) is 19.1. The highest BCUT2D eigenvalue weighted by Gasteiger charge is 2.31. The molecule has 3 rings (SSSR count). The van der Waals surface area contributed by atoms with Crippen molar-refractivity contribution in [1.29, 1.82) is 0 Å². The van der Waals surface area contributed by atoms with Crippen molar-refractivity contribution in [1.82, 2.24) is 0 Å². The van der Waals surface area contributed by atoms with Crippen LogP contribution in [-0.2, 0) is 85.7 Å². The average Bonchev–Trinajstić information content (AvgIpc) is 1.69. The second kappa shape index (κ2) is 70.1. The monoisotopic (exact) mass is 1620 g/mol. The van der Waals surface area contributed by atoms with Crippen molar-refractivity contribution in [2.24, 2.45) is 0 Å². The summed E-state index contributed by atoms with van der Waals surface area (Å²) in [5, 5.41) is 38.8. The topological polar surface area (TPSA) is 370 Å². The average molecular weight is 1620 g/mol. The van der Waals surface area contributed by atoms with Gasteiger partial charge in [0.25, 0.3) is 0 Å². The number of carboxylic acid groups (broad SMARTS) is 1. The normalized spacial score (nSPS) is 13.3. The smallest absolute Gasteiger partial charge is 0.346 e. The summed E-state index contributed by atoms with van der Waals surface area (Å²) in [5.74, 6) is -7.02. The fourth-order valence-corrected chi connectivity index (χ4v) is 12.6. The van der Waals surface area contributed by atoms with E-state index in [1.165, 1.54) is 19.2 Å². The number of hydrogen-bond donors (Lipinski definition) is 4. The Bertz CT molecular complexity index is 3040. The molecule has 1 aliphatic heterocycles. The Morgan fingerprint density at radius 2 is 0.739 bits per heavy atom. The van der Waals surface area contributed by atoms with Gasteiger partial charge in [-0.05, 0) is 108 Å². The number of carboxylic acids is 1. The van der Waals surface area contributed by atoms with E-state index in [0.29, 0.717) is 88.0 Å². The third kappa shape index (κ3) is 53.6. The highest BCUT2D eigenvalue weighted by molar-refractivity contribution is 6.14. The van der Waals surface area contributed by atoms with Gasteiger partial charge in [0.05, 0.1) is 54.3 Å². The molecule has 0 fully saturated rings. The molecule has 0 saturated heterocycles. The van der Waals surface area contributed by atoms with E-state index in [1.54, 1.807) is 43.5 Å². The summed E-state index contributed by atoms with van der Waals surface area (Å²) in [6.45, 7) is 13.5. The molecule has 2 aromatic carbocycles. The number of aliphatic hydroxyl groups excluding tert-OH is 3. The second-order valence-electron chi connectivity index (χ2n) is 28.8. The Kier molecular flexibility index (Phi) is 63.9. The number of methoxy groups -OCH3 is 2. The predicted molar refractivity (Wildman–Crippen MR) is 435 cm³/mol. The maximum Gasteiger partial charge on any atom is 0.346 e. The largest absolute Gasteiger partial charge is 0.478 e. The fourth-order valence-electron chi connectivity index (χ4n) is 12.6. The minimum absolute atomic E-state index is 0.0417. The number of cyclic esters (lactones) is 2. The third-order valence-electron chi connectivity index (χ3n) is 19.1. The summed E-state index contributed by atoms with van der Waals surface area (Å²) in [4.78, 5) is 134. The standard InChI is InChI=1S/C78H126O21.C8H4O3.C3H8O2/c1-7-12-33-48-66(96-71(83)10-4)64(79)46-36-27-21-15-18-24-30-39-52-73(85)93-59-61(95-75(87)54-41-32-26-20-17-23-29-38-51-68(97-72(84)11-5)69(50-35-14-9-3)98-76(88)56-55-70(81)82)60-94-74(86)53-40-31-25-19-16-22-28-37-47-65(80)67(49-34-13-8-2)99-78(90)63-45-43-42-44-62(63)77(89)92-58-57-91-6;9-7-5-3-1-2-4-6(5)8(10)11-7;1-5-3-2-4/h10-11,42-45,55-56,61,64-69,79-80H,4-5,7-9,12-41,46-54,57-60H2,1-3,6H3,(H,81,82);1-4H;4H,2-3H2,1H3/b56-55+;;.